The van der Waals surface area contributed by atoms with Crippen molar-refractivity contribution in [2.75, 3.05) is 13.6 Å². The molecule has 0 spiro atoms. The Morgan fingerprint density at radius 3 is 2.44 bits per heavy atom. The van der Waals surface area contributed by atoms with E-state index < -0.39 is 0 Å². The Morgan fingerprint density at radius 1 is 1.33 bits per heavy atom. The highest BCUT2D eigenvalue weighted by Crippen LogP contribution is 2.38. The number of nitrogens with two attached hydrogens (primary N) is 1. The molecule has 1 unspecified atom stereocenters. The molecule has 1 aliphatic carbocycles. The third-order valence-electron chi connectivity index (χ3n) is 4.12. The predicted molar refractivity (Wildman–Crippen MR) is 72.7 cm³/mol. The number of halogens is 1. The van der Waals surface area contributed by atoms with Gasteiger partial charge in [0.25, 0.3) is 0 Å². The average Bonchev–Trinajstić information content (AvgIpc) is 3.15. The summed E-state index contributed by atoms with van der Waals surface area (Å²) in [4.78, 5) is 2.30. The van der Waals surface area contributed by atoms with Crippen molar-refractivity contribution in [1.82, 2.24) is 4.90 Å². The van der Waals surface area contributed by atoms with Gasteiger partial charge >= 0.3 is 0 Å². The van der Waals surface area contributed by atoms with E-state index in [1.54, 1.807) is 0 Å². The van der Waals surface area contributed by atoms with Gasteiger partial charge in [0.1, 0.15) is 5.82 Å². The van der Waals surface area contributed by atoms with Crippen molar-refractivity contribution in [2.45, 2.75) is 38.3 Å². The Hall–Kier alpha value is -0.930. The fourth-order valence-corrected chi connectivity index (χ4v) is 2.39. The normalized spacial score (nSPS) is 18.9. The maximum atomic E-state index is 12.9. The quantitative estimate of drug-likeness (QED) is 0.841. The van der Waals surface area contributed by atoms with E-state index in [9.17, 15) is 4.39 Å². The highest BCUT2D eigenvalue weighted by molar-refractivity contribution is 5.16. The van der Waals surface area contributed by atoms with Gasteiger partial charge in [-0.2, -0.15) is 0 Å². The number of hydrogen-bond donors (Lipinski definition) is 1. The summed E-state index contributed by atoms with van der Waals surface area (Å²) in [6, 6.07) is 6.73. The first-order valence-corrected chi connectivity index (χ1v) is 6.69. The first-order chi connectivity index (χ1) is 8.53. The molecule has 0 amide bonds. The molecule has 18 heavy (non-hydrogen) atoms. The highest BCUT2D eigenvalue weighted by Gasteiger charge is 2.35. The maximum absolute atomic E-state index is 12.9. The second-order valence-corrected chi connectivity index (χ2v) is 5.83. The van der Waals surface area contributed by atoms with E-state index in [1.807, 2.05) is 12.1 Å². The van der Waals surface area contributed by atoms with Gasteiger partial charge in [0, 0.05) is 18.6 Å². The van der Waals surface area contributed by atoms with Crippen LogP contribution in [0.3, 0.4) is 0 Å². The van der Waals surface area contributed by atoms with Crippen molar-refractivity contribution < 1.29 is 4.39 Å². The molecule has 2 rings (SSSR count). The molecule has 3 heteroatoms. The number of nitrogens with zero attached hydrogens (tertiary/aromatic N) is 1. The van der Waals surface area contributed by atoms with Crippen LogP contribution in [0.4, 0.5) is 4.39 Å². The summed E-state index contributed by atoms with van der Waals surface area (Å²) < 4.78 is 12.9. The van der Waals surface area contributed by atoms with Gasteiger partial charge in [-0.1, -0.05) is 25.0 Å². The van der Waals surface area contributed by atoms with Crippen molar-refractivity contribution in [2.24, 2.45) is 11.7 Å². The monoisotopic (exact) mass is 250 g/mol. The largest absolute Gasteiger partial charge is 0.329 e. The summed E-state index contributed by atoms with van der Waals surface area (Å²) in [6.45, 7) is 3.72. The molecule has 1 fully saturated rings. The van der Waals surface area contributed by atoms with E-state index in [1.165, 1.54) is 31.4 Å². The third-order valence-corrected chi connectivity index (χ3v) is 4.12. The molecule has 0 bridgehead atoms. The van der Waals surface area contributed by atoms with Crippen molar-refractivity contribution in [1.29, 1.82) is 0 Å². The zero-order chi connectivity index (χ0) is 13.2. The topological polar surface area (TPSA) is 29.3 Å². The van der Waals surface area contributed by atoms with Crippen LogP contribution in [0.15, 0.2) is 24.3 Å². The van der Waals surface area contributed by atoms with Gasteiger partial charge in [0.2, 0.25) is 0 Å². The lowest BCUT2D eigenvalue weighted by molar-refractivity contribution is 0.119. The molecule has 2 N–H and O–H groups in total. The Balaban J connectivity index is 1.99. The summed E-state index contributed by atoms with van der Waals surface area (Å²) in [7, 11) is 2.11. The maximum Gasteiger partial charge on any atom is 0.123 e. The number of likely N-dealkylation sites (N-methyl/N-ethyl adjacent to an activating group) is 1. The smallest absolute Gasteiger partial charge is 0.123 e. The summed E-state index contributed by atoms with van der Waals surface area (Å²) in [5.74, 6) is 0.676. The van der Waals surface area contributed by atoms with Crippen LogP contribution < -0.4 is 5.73 Å². The Kier molecular flexibility index (Phi) is 4.03. The second-order valence-electron chi connectivity index (χ2n) is 5.83. The molecule has 0 radical (unpaired) electrons. The van der Waals surface area contributed by atoms with Crippen LogP contribution >= 0.6 is 0 Å². The fourth-order valence-electron chi connectivity index (χ4n) is 2.39. The molecule has 1 saturated carbocycles. The van der Waals surface area contributed by atoms with Crippen molar-refractivity contribution >= 4 is 0 Å². The average molecular weight is 250 g/mol. The highest BCUT2D eigenvalue weighted by atomic mass is 19.1. The molecule has 0 saturated heterocycles. The number of hydrogen-bond acceptors (Lipinski definition) is 2. The van der Waals surface area contributed by atoms with Crippen LogP contribution in [0.1, 0.15) is 31.7 Å². The lowest BCUT2D eigenvalue weighted by atomic mass is 9.92. The first-order valence-electron chi connectivity index (χ1n) is 6.69. The van der Waals surface area contributed by atoms with Crippen LogP contribution in [0.25, 0.3) is 0 Å². The van der Waals surface area contributed by atoms with Crippen molar-refractivity contribution in [3.05, 3.63) is 35.6 Å². The molecule has 0 heterocycles. The summed E-state index contributed by atoms with van der Waals surface area (Å²) in [5.41, 5.74) is 7.14. The molecular weight excluding hydrogens is 227 g/mol. The number of rotatable bonds is 6. The predicted octanol–water partition coefficient (Wildman–Crippen LogP) is 2.78. The van der Waals surface area contributed by atoms with Crippen LogP contribution in [0.5, 0.6) is 0 Å². The van der Waals surface area contributed by atoms with Gasteiger partial charge in [-0.15, -0.1) is 0 Å². The standard InChI is InChI=1S/C15H23FN2/c1-15(11-17,9-12-3-4-12)18(2)10-13-5-7-14(16)8-6-13/h5-8,12H,3-4,9-11,17H2,1-2H3. The molecular formula is C15H23FN2. The molecule has 1 atom stereocenters. The van der Waals surface area contributed by atoms with E-state index in [0.29, 0.717) is 6.54 Å². The van der Waals surface area contributed by atoms with Crippen LogP contribution in [0.2, 0.25) is 0 Å². The minimum atomic E-state index is -0.180. The molecule has 0 aliphatic heterocycles. The van der Waals surface area contributed by atoms with Gasteiger partial charge in [-0.25, -0.2) is 4.39 Å². The lowest BCUT2D eigenvalue weighted by Gasteiger charge is -2.38. The van der Waals surface area contributed by atoms with Crippen molar-refractivity contribution in [3.8, 4) is 0 Å². The molecule has 2 nitrogen and oxygen atoms in total. The van der Waals surface area contributed by atoms with Gasteiger partial charge < -0.3 is 5.73 Å². The van der Waals surface area contributed by atoms with Gasteiger partial charge in [0.15, 0.2) is 0 Å². The number of benzene rings is 1. The summed E-state index contributed by atoms with van der Waals surface area (Å²) in [6.07, 6.45) is 3.86. The summed E-state index contributed by atoms with van der Waals surface area (Å²) >= 11 is 0. The molecule has 1 aliphatic rings. The minimum absolute atomic E-state index is 0.0511. The van der Waals surface area contributed by atoms with E-state index >= 15 is 0 Å². The van der Waals surface area contributed by atoms with E-state index in [0.717, 1.165) is 18.0 Å². The van der Waals surface area contributed by atoms with Gasteiger partial charge in [0.05, 0.1) is 0 Å². The molecule has 1 aromatic carbocycles. The Bertz CT molecular complexity index is 386. The third kappa shape index (κ3) is 3.30. The Labute approximate surface area is 109 Å². The van der Waals surface area contributed by atoms with Crippen LogP contribution in [0, 0.1) is 11.7 Å². The Morgan fingerprint density at radius 2 is 1.94 bits per heavy atom. The molecule has 1 aromatic rings. The molecule has 0 aromatic heterocycles. The second kappa shape index (κ2) is 5.37. The first kappa shape index (κ1) is 13.5. The zero-order valence-corrected chi connectivity index (χ0v) is 11.3. The van der Waals surface area contributed by atoms with E-state index in [-0.39, 0.29) is 11.4 Å². The van der Waals surface area contributed by atoms with E-state index in [2.05, 4.69) is 18.9 Å². The minimum Gasteiger partial charge on any atom is -0.329 e. The summed E-state index contributed by atoms with van der Waals surface area (Å²) in [5, 5.41) is 0. The lowest BCUT2D eigenvalue weighted by Crippen LogP contribution is -2.49. The SMILES string of the molecule is CN(Cc1ccc(F)cc1)C(C)(CN)CC1CC1. The van der Waals surface area contributed by atoms with Crippen LogP contribution in [-0.4, -0.2) is 24.0 Å². The fraction of sp³-hybridized carbons (Fsp3) is 0.600. The zero-order valence-electron chi connectivity index (χ0n) is 11.3. The van der Waals surface area contributed by atoms with Crippen molar-refractivity contribution in [3.63, 3.8) is 0 Å². The van der Waals surface area contributed by atoms with Gasteiger partial charge in [-0.05, 0) is 44.0 Å². The van der Waals surface area contributed by atoms with Gasteiger partial charge in [-0.3, -0.25) is 4.90 Å². The molecule has 100 valence electrons. The van der Waals surface area contributed by atoms with Crippen LogP contribution in [-0.2, 0) is 6.54 Å². The van der Waals surface area contributed by atoms with E-state index in [4.69, 9.17) is 5.73 Å².